The standard InChI is InChI=1S/C23H22N2O4/c1-23(2)12-18(26)21-19(13-23)29-22(24-14-15-6-4-3-5-7-15)20(21)16-8-10-17(11-9-16)25(27)28/h3-11,24H,12-14H2,1-2H3. The average Bonchev–Trinajstić information content (AvgIpc) is 3.04. The lowest BCUT2D eigenvalue weighted by Gasteiger charge is -2.27. The highest BCUT2D eigenvalue weighted by Gasteiger charge is 2.37. The summed E-state index contributed by atoms with van der Waals surface area (Å²) in [6.07, 6.45) is 1.11. The number of hydrogen-bond donors (Lipinski definition) is 1. The molecule has 0 saturated heterocycles. The predicted octanol–water partition coefficient (Wildman–Crippen LogP) is 5.62. The van der Waals surface area contributed by atoms with Crippen molar-refractivity contribution in [3.05, 3.63) is 81.6 Å². The minimum atomic E-state index is -0.434. The van der Waals surface area contributed by atoms with E-state index < -0.39 is 4.92 Å². The number of rotatable bonds is 5. The van der Waals surface area contributed by atoms with Crippen LogP contribution < -0.4 is 5.32 Å². The summed E-state index contributed by atoms with van der Waals surface area (Å²) in [5.74, 6) is 1.25. The van der Waals surface area contributed by atoms with Crippen LogP contribution >= 0.6 is 0 Å². The molecule has 0 fully saturated rings. The zero-order valence-corrected chi connectivity index (χ0v) is 16.4. The first-order valence-electron chi connectivity index (χ1n) is 9.55. The second-order valence-electron chi connectivity index (χ2n) is 8.19. The number of carbonyl (C=O) groups is 1. The number of benzene rings is 2. The first-order chi connectivity index (χ1) is 13.8. The SMILES string of the molecule is CC1(C)CC(=O)c2c(oc(NCc3ccccc3)c2-c2ccc([N+](=O)[O-])cc2)C1. The fourth-order valence-corrected chi connectivity index (χ4v) is 3.85. The van der Waals surface area contributed by atoms with Gasteiger partial charge in [-0.1, -0.05) is 44.2 Å². The third-order valence-electron chi connectivity index (χ3n) is 5.20. The van der Waals surface area contributed by atoms with Crippen molar-refractivity contribution in [2.24, 2.45) is 5.41 Å². The Kier molecular flexibility index (Phi) is 4.70. The van der Waals surface area contributed by atoms with Crippen molar-refractivity contribution in [1.82, 2.24) is 0 Å². The smallest absolute Gasteiger partial charge is 0.269 e. The molecule has 1 heterocycles. The first kappa shape index (κ1) is 18.9. The molecule has 0 radical (unpaired) electrons. The summed E-state index contributed by atoms with van der Waals surface area (Å²) >= 11 is 0. The largest absolute Gasteiger partial charge is 0.444 e. The highest BCUT2D eigenvalue weighted by Crippen LogP contribution is 2.45. The van der Waals surface area contributed by atoms with Crippen molar-refractivity contribution in [3.8, 4) is 11.1 Å². The number of hydrogen-bond acceptors (Lipinski definition) is 5. The van der Waals surface area contributed by atoms with Crippen LogP contribution in [0.15, 0.2) is 59.0 Å². The van der Waals surface area contributed by atoms with Gasteiger partial charge in [0.1, 0.15) is 5.76 Å². The van der Waals surface area contributed by atoms with Gasteiger partial charge in [0.25, 0.3) is 5.69 Å². The lowest BCUT2D eigenvalue weighted by atomic mass is 9.75. The van der Waals surface area contributed by atoms with E-state index in [1.54, 1.807) is 12.1 Å². The second-order valence-corrected chi connectivity index (χ2v) is 8.19. The van der Waals surface area contributed by atoms with Gasteiger partial charge in [-0.2, -0.15) is 0 Å². The summed E-state index contributed by atoms with van der Waals surface area (Å²) in [4.78, 5) is 23.5. The molecule has 0 saturated carbocycles. The number of fused-ring (bicyclic) bond motifs is 1. The van der Waals surface area contributed by atoms with Gasteiger partial charge in [-0.25, -0.2) is 0 Å². The second kappa shape index (κ2) is 7.20. The van der Waals surface area contributed by atoms with E-state index in [2.05, 4.69) is 19.2 Å². The molecule has 2 aromatic carbocycles. The van der Waals surface area contributed by atoms with Crippen LogP contribution in [0, 0.1) is 15.5 Å². The molecule has 1 aromatic heterocycles. The Morgan fingerprint density at radius 3 is 2.38 bits per heavy atom. The zero-order valence-electron chi connectivity index (χ0n) is 16.4. The molecule has 148 valence electrons. The number of furan rings is 1. The average molecular weight is 390 g/mol. The Morgan fingerprint density at radius 2 is 1.72 bits per heavy atom. The summed E-state index contributed by atoms with van der Waals surface area (Å²) in [7, 11) is 0. The minimum absolute atomic E-state index is 0.0115. The van der Waals surface area contributed by atoms with Crippen LogP contribution in [0.2, 0.25) is 0 Å². The minimum Gasteiger partial charge on any atom is -0.444 e. The number of nitro benzene ring substituents is 1. The van der Waals surface area contributed by atoms with Gasteiger partial charge in [0.2, 0.25) is 5.88 Å². The van der Waals surface area contributed by atoms with E-state index in [1.807, 2.05) is 30.3 Å². The van der Waals surface area contributed by atoms with Crippen molar-refractivity contribution in [1.29, 1.82) is 0 Å². The lowest BCUT2D eigenvalue weighted by molar-refractivity contribution is -0.384. The number of anilines is 1. The van der Waals surface area contributed by atoms with Crippen LogP contribution in [-0.2, 0) is 13.0 Å². The molecule has 1 aliphatic carbocycles. The first-order valence-corrected chi connectivity index (χ1v) is 9.55. The molecule has 1 N–H and O–H groups in total. The van der Waals surface area contributed by atoms with Crippen molar-refractivity contribution >= 4 is 17.4 Å². The topological polar surface area (TPSA) is 85.4 Å². The summed E-state index contributed by atoms with van der Waals surface area (Å²) in [6.45, 7) is 4.66. The van der Waals surface area contributed by atoms with Crippen LogP contribution in [0.4, 0.5) is 11.6 Å². The highest BCUT2D eigenvalue weighted by molar-refractivity contribution is 6.07. The van der Waals surface area contributed by atoms with E-state index in [9.17, 15) is 14.9 Å². The van der Waals surface area contributed by atoms with Gasteiger partial charge in [0.05, 0.1) is 16.1 Å². The summed E-state index contributed by atoms with van der Waals surface area (Å²) in [5.41, 5.74) is 2.94. The van der Waals surface area contributed by atoms with Gasteiger partial charge in [0, 0.05) is 31.5 Å². The Morgan fingerprint density at radius 1 is 1.03 bits per heavy atom. The fraction of sp³-hybridized carbons (Fsp3) is 0.261. The van der Waals surface area contributed by atoms with Gasteiger partial charge >= 0.3 is 0 Å². The van der Waals surface area contributed by atoms with Crippen LogP contribution in [-0.4, -0.2) is 10.7 Å². The number of nitrogens with zero attached hydrogens (tertiary/aromatic N) is 1. The molecule has 0 spiro atoms. The monoisotopic (exact) mass is 390 g/mol. The van der Waals surface area contributed by atoms with Crippen molar-refractivity contribution in [2.45, 2.75) is 33.2 Å². The highest BCUT2D eigenvalue weighted by atomic mass is 16.6. The van der Waals surface area contributed by atoms with E-state index in [1.165, 1.54) is 12.1 Å². The van der Waals surface area contributed by atoms with Gasteiger partial charge in [-0.15, -0.1) is 0 Å². The Labute approximate surface area is 168 Å². The quantitative estimate of drug-likeness (QED) is 0.451. The van der Waals surface area contributed by atoms with Gasteiger partial charge < -0.3 is 9.73 Å². The summed E-state index contributed by atoms with van der Waals surface area (Å²) in [6, 6.07) is 16.2. The van der Waals surface area contributed by atoms with Gasteiger partial charge in [-0.05, 0) is 28.7 Å². The Balaban J connectivity index is 1.77. The van der Waals surface area contributed by atoms with E-state index >= 15 is 0 Å². The maximum absolute atomic E-state index is 13.0. The Hall–Kier alpha value is -3.41. The molecule has 0 unspecified atom stereocenters. The number of carbonyl (C=O) groups excluding carboxylic acids is 1. The summed E-state index contributed by atoms with van der Waals surface area (Å²) < 4.78 is 6.13. The molecule has 29 heavy (non-hydrogen) atoms. The number of non-ortho nitro benzene ring substituents is 1. The number of nitrogens with one attached hydrogen (secondary N) is 1. The molecule has 3 aromatic rings. The maximum atomic E-state index is 13.0. The van der Waals surface area contributed by atoms with Crippen LogP contribution in [0.5, 0.6) is 0 Å². The molecule has 0 bridgehead atoms. The predicted molar refractivity (Wildman–Crippen MR) is 111 cm³/mol. The zero-order chi connectivity index (χ0) is 20.6. The van der Waals surface area contributed by atoms with Crippen molar-refractivity contribution < 1.29 is 14.1 Å². The molecule has 0 aliphatic heterocycles. The lowest BCUT2D eigenvalue weighted by Crippen LogP contribution is -2.26. The molecule has 6 nitrogen and oxygen atoms in total. The Bertz CT molecular complexity index is 1070. The van der Waals surface area contributed by atoms with E-state index in [-0.39, 0.29) is 16.9 Å². The maximum Gasteiger partial charge on any atom is 0.269 e. The molecule has 0 atom stereocenters. The van der Waals surface area contributed by atoms with Crippen molar-refractivity contribution in [2.75, 3.05) is 5.32 Å². The van der Waals surface area contributed by atoms with Crippen LogP contribution in [0.1, 0.15) is 41.9 Å². The summed E-state index contributed by atoms with van der Waals surface area (Å²) in [5, 5.41) is 14.3. The normalized spacial score (nSPS) is 15.0. The number of ketones is 1. The van der Waals surface area contributed by atoms with Gasteiger partial charge in [0.15, 0.2) is 5.78 Å². The number of Topliss-reactive ketones (excluding diaryl/α,β-unsaturated/α-hetero) is 1. The van der Waals surface area contributed by atoms with Gasteiger partial charge in [-0.3, -0.25) is 14.9 Å². The molecular formula is C23H22N2O4. The van der Waals surface area contributed by atoms with Crippen molar-refractivity contribution in [3.63, 3.8) is 0 Å². The number of nitro groups is 1. The van der Waals surface area contributed by atoms with E-state index in [0.29, 0.717) is 42.2 Å². The third kappa shape index (κ3) is 3.78. The third-order valence-corrected chi connectivity index (χ3v) is 5.20. The van der Waals surface area contributed by atoms with E-state index in [0.717, 1.165) is 11.1 Å². The molecule has 0 amide bonds. The molecule has 4 rings (SSSR count). The molecular weight excluding hydrogens is 368 g/mol. The van der Waals surface area contributed by atoms with Crippen LogP contribution in [0.25, 0.3) is 11.1 Å². The van der Waals surface area contributed by atoms with E-state index in [4.69, 9.17) is 4.42 Å². The fourth-order valence-electron chi connectivity index (χ4n) is 3.85. The molecule has 1 aliphatic rings. The van der Waals surface area contributed by atoms with Crippen LogP contribution in [0.3, 0.4) is 0 Å². The molecule has 6 heteroatoms.